The number of hydrogen-bond acceptors (Lipinski definition) is 4. The molecule has 3 atom stereocenters. The number of nitrogens with one attached hydrogen (secondary N) is 1. The fourth-order valence-corrected chi connectivity index (χ4v) is 3.37. The number of fused-ring (bicyclic) bond motifs is 1. The highest BCUT2D eigenvalue weighted by atomic mass is 16.2. The molecule has 0 saturated carbocycles. The zero-order valence-electron chi connectivity index (χ0n) is 10.8. The van der Waals surface area contributed by atoms with Gasteiger partial charge >= 0.3 is 0 Å². The maximum Gasteiger partial charge on any atom is 0.276 e. The van der Waals surface area contributed by atoms with Gasteiger partial charge in [-0.15, -0.1) is 5.10 Å². The first-order valence-electron chi connectivity index (χ1n) is 6.58. The Labute approximate surface area is 106 Å². The number of nitrogens with zero attached hydrogens (tertiary/aromatic N) is 4. The summed E-state index contributed by atoms with van der Waals surface area (Å²) >= 11 is 0. The second kappa shape index (κ2) is 4.35. The summed E-state index contributed by atoms with van der Waals surface area (Å²) in [7, 11) is 1.78. The summed E-state index contributed by atoms with van der Waals surface area (Å²) in [6.07, 6.45) is 2.70. The van der Waals surface area contributed by atoms with Crippen LogP contribution in [0.4, 0.5) is 0 Å². The van der Waals surface area contributed by atoms with E-state index in [1.807, 2.05) is 4.90 Å². The molecule has 3 heterocycles. The molecule has 2 saturated heterocycles. The van der Waals surface area contributed by atoms with Crippen molar-refractivity contribution >= 4 is 5.91 Å². The van der Waals surface area contributed by atoms with E-state index in [0.717, 1.165) is 26.1 Å². The molecule has 1 amide bonds. The molecule has 0 aliphatic carbocycles. The molecule has 98 valence electrons. The van der Waals surface area contributed by atoms with Crippen molar-refractivity contribution in [2.75, 3.05) is 19.6 Å². The molecule has 0 spiro atoms. The summed E-state index contributed by atoms with van der Waals surface area (Å²) < 4.78 is 1.58. The van der Waals surface area contributed by atoms with Crippen LogP contribution in [0.5, 0.6) is 0 Å². The lowest BCUT2D eigenvalue weighted by Crippen LogP contribution is -2.39. The molecule has 0 aromatic carbocycles. The first-order valence-corrected chi connectivity index (χ1v) is 6.58. The lowest BCUT2D eigenvalue weighted by molar-refractivity contribution is 0.0705. The molecule has 1 aromatic heterocycles. The zero-order valence-corrected chi connectivity index (χ0v) is 10.8. The number of carbonyl (C=O) groups is 1. The van der Waals surface area contributed by atoms with Crippen LogP contribution >= 0.6 is 0 Å². The highest BCUT2D eigenvalue weighted by Crippen LogP contribution is 2.34. The maximum absolute atomic E-state index is 12.5. The van der Waals surface area contributed by atoms with Gasteiger partial charge in [0.1, 0.15) is 0 Å². The van der Waals surface area contributed by atoms with E-state index in [-0.39, 0.29) is 5.91 Å². The third kappa shape index (κ3) is 1.71. The van der Waals surface area contributed by atoms with Gasteiger partial charge in [-0.25, -0.2) is 0 Å². The van der Waals surface area contributed by atoms with Gasteiger partial charge in [-0.05, 0) is 18.3 Å². The number of rotatable bonds is 2. The van der Waals surface area contributed by atoms with Crippen molar-refractivity contribution in [1.29, 1.82) is 0 Å². The van der Waals surface area contributed by atoms with Gasteiger partial charge in [0, 0.05) is 32.7 Å². The van der Waals surface area contributed by atoms with Gasteiger partial charge in [-0.3, -0.25) is 9.48 Å². The van der Waals surface area contributed by atoms with E-state index in [2.05, 4.69) is 22.6 Å². The van der Waals surface area contributed by atoms with Gasteiger partial charge in [0.15, 0.2) is 5.69 Å². The Kier molecular flexibility index (Phi) is 2.81. The second-order valence-electron chi connectivity index (χ2n) is 5.29. The molecule has 0 radical (unpaired) electrons. The van der Waals surface area contributed by atoms with E-state index in [9.17, 15) is 4.79 Å². The SMILES string of the molecule is CCC1C2CNCC2CN1C(=O)c1cn(C)nn1. The molecule has 2 aliphatic heterocycles. The minimum atomic E-state index is 0.0318. The Morgan fingerprint density at radius 3 is 3.06 bits per heavy atom. The maximum atomic E-state index is 12.5. The van der Waals surface area contributed by atoms with Gasteiger partial charge in [0.2, 0.25) is 0 Å². The van der Waals surface area contributed by atoms with Crippen LogP contribution in [0.15, 0.2) is 6.20 Å². The Balaban J connectivity index is 1.81. The molecule has 3 unspecified atom stereocenters. The number of amides is 1. The number of hydrogen-bond donors (Lipinski definition) is 1. The fraction of sp³-hybridized carbons (Fsp3) is 0.750. The number of likely N-dealkylation sites (tertiary alicyclic amines) is 1. The zero-order chi connectivity index (χ0) is 12.7. The van der Waals surface area contributed by atoms with Crippen LogP contribution in [-0.4, -0.2) is 51.5 Å². The van der Waals surface area contributed by atoms with Crippen molar-refractivity contribution in [2.24, 2.45) is 18.9 Å². The first kappa shape index (κ1) is 11.6. The number of aryl methyl sites for hydroxylation is 1. The average Bonchev–Trinajstić information content (AvgIpc) is 3.01. The third-order valence-corrected chi connectivity index (χ3v) is 4.22. The molecule has 6 heteroatoms. The lowest BCUT2D eigenvalue weighted by atomic mass is 9.93. The summed E-state index contributed by atoms with van der Waals surface area (Å²) in [5.41, 5.74) is 0.462. The van der Waals surface area contributed by atoms with Crippen LogP contribution in [0.25, 0.3) is 0 Å². The van der Waals surface area contributed by atoms with Gasteiger partial charge in [-0.2, -0.15) is 0 Å². The molecule has 1 N–H and O–H groups in total. The monoisotopic (exact) mass is 249 g/mol. The van der Waals surface area contributed by atoms with E-state index in [0.29, 0.717) is 23.6 Å². The Bertz CT molecular complexity index is 457. The Hall–Kier alpha value is -1.43. The summed E-state index contributed by atoms with van der Waals surface area (Å²) in [5, 5.41) is 11.2. The molecule has 2 fully saturated rings. The van der Waals surface area contributed by atoms with E-state index >= 15 is 0 Å². The number of aromatic nitrogens is 3. The molecule has 1 aromatic rings. The molecule has 6 nitrogen and oxygen atoms in total. The quantitative estimate of drug-likeness (QED) is 0.794. The smallest absolute Gasteiger partial charge is 0.276 e. The van der Waals surface area contributed by atoms with Gasteiger partial charge in [-0.1, -0.05) is 12.1 Å². The summed E-state index contributed by atoms with van der Waals surface area (Å²) in [4.78, 5) is 14.5. The molecular weight excluding hydrogens is 230 g/mol. The molecule has 0 bridgehead atoms. The van der Waals surface area contributed by atoms with E-state index < -0.39 is 0 Å². The lowest BCUT2D eigenvalue weighted by Gasteiger charge is -2.26. The summed E-state index contributed by atoms with van der Waals surface area (Å²) in [5.74, 6) is 1.25. The standard InChI is InChI=1S/C12H19N5O/c1-3-11-9-5-13-4-8(9)6-17(11)12(18)10-7-16(2)15-14-10/h7-9,11,13H,3-6H2,1-2H3. The predicted molar refractivity (Wildman–Crippen MR) is 66.0 cm³/mol. The van der Waals surface area contributed by atoms with Crippen LogP contribution in [0.2, 0.25) is 0 Å². The van der Waals surface area contributed by atoms with Gasteiger partial charge in [0.05, 0.1) is 6.20 Å². The second-order valence-corrected chi connectivity index (χ2v) is 5.29. The van der Waals surface area contributed by atoms with Gasteiger partial charge in [0.25, 0.3) is 5.91 Å². The highest BCUT2D eigenvalue weighted by molar-refractivity contribution is 5.92. The van der Waals surface area contributed by atoms with Crippen molar-refractivity contribution in [3.8, 4) is 0 Å². The predicted octanol–water partition coefficient (Wildman–Crippen LogP) is -0.115. The van der Waals surface area contributed by atoms with E-state index in [1.54, 1.807) is 17.9 Å². The van der Waals surface area contributed by atoms with E-state index in [1.165, 1.54) is 0 Å². The third-order valence-electron chi connectivity index (χ3n) is 4.22. The Morgan fingerprint density at radius 2 is 2.39 bits per heavy atom. The minimum absolute atomic E-state index is 0.0318. The molecule has 2 aliphatic rings. The minimum Gasteiger partial charge on any atom is -0.334 e. The Morgan fingerprint density at radius 1 is 1.56 bits per heavy atom. The van der Waals surface area contributed by atoms with Crippen LogP contribution in [-0.2, 0) is 7.05 Å². The van der Waals surface area contributed by atoms with Crippen molar-refractivity contribution in [1.82, 2.24) is 25.2 Å². The topological polar surface area (TPSA) is 63.1 Å². The van der Waals surface area contributed by atoms with Crippen molar-refractivity contribution in [3.05, 3.63) is 11.9 Å². The van der Waals surface area contributed by atoms with Crippen molar-refractivity contribution in [2.45, 2.75) is 19.4 Å². The first-order chi connectivity index (χ1) is 8.70. The van der Waals surface area contributed by atoms with Crippen LogP contribution in [0.3, 0.4) is 0 Å². The van der Waals surface area contributed by atoms with Crippen LogP contribution in [0, 0.1) is 11.8 Å². The fourth-order valence-electron chi connectivity index (χ4n) is 3.37. The average molecular weight is 249 g/mol. The van der Waals surface area contributed by atoms with Crippen LogP contribution < -0.4 is 5.32 Å². The van der Waals surface area contributed by atoms with Gasteiger partial charge < -0.3 is 10.2 Å². The van der Waals surface area contributed by atoms with Crippen LogP contribution in [0.1, 0.15) is 23.8 Å². The molecular formula is C12H19N5O. The largest absolute Gasteiger partial charge is 0.334 e. The van der Waals surface area contributed by atoms with Crippen molar-refractivity contribution in [3.63, 3.8) is 0 Å². The van der Waals surface area contributed by atoms with Crippen molar-refractivity contribution < 1.29 is 4.79 Å². The number of carbonyl (C=O) groups excluding carboxylic acids is 1. The normalized spacial score (nSPS) is 30.8. The highest BCUT2D eigenvalue weighted by Gasteiger charge is 2.45. The van der Waals surface area contributed by atoms with E-state index in [4.69, 9.17) is 0 Å². The summed E-state index contributed by atoms with van der Waals surface area (Å²) in [6.45, 7) is 5.08. The molecule has 18 heavy (non-hydrogen) atoms. The molecule has 3 rings (SSSR count). The summed E-state index contributed by atoms with van der Waals surface area (Å²) in [6, 6.07) is 0.347.